The minimum absolute atomic E-state index is 0.373. The molecular weight excluding hydrogens is 424 g/mol. The van der Waals surface area contributed by atoms with Crippen molar-refractivity contribution >= 4 is 17.7 Å². The molecule has 2 atom stereocenters. The Morgan fingerprint density at radius 1 is 0.882 bits per heavy atom. The van der Waals surface area contributed by atoms with Crippen LogP contribution in [0.1, 0.15) is 83.5 Å². The molecule has 1 aromatic rings. The number of carbonyl (C=O) groups is 1. The van der Waals surface area contributed by atoms with Crippen molar-refractivity contribution in [2.45, 2.75) is 95.6 Å². The highest BCUT2D eigenvalue weighted by Gasteiger charge is 2.32. The number of hydrogen-bond acceptors (Lipinski definition) is 6. The molecule has 1 amide bonds. The van der Waals surface area contributed by atoms with Crippen LogP contribution in [0.3, 0.4) is 0 Å². The van der Waals surface area contributed by atoms with Gasteiger partial charge in [0.05, 0.1) is 0 Å². The third-order valence-corrected chi connectivity index (χ3v) is 8.56. The number of nitrogens with zero attached hydrogens (tertiary/aromatic N) is 5. The SMILES string of the molecule is O=C(CC1CCCC1)N1CCCC(N2CCCC(Nc3nccc(N4CCCCCC4)n3)C2)C1. The van der Waals surface area contributed by atoms with E-state index in [9.17, 15) is 4.79 Å². The fraction of sp³-hybridized carbons (Fsp3) is 0.815. The lowest BCUT2D eigenvalue weighted by molar-refractivity contribution is -0.134. The number of anilines is 2. The molecule has 7 heteroatoms. The first-order valence-corrected chi connectivity index (χ1v) is 14.1. The second kappa shape index (κ2) is 11.7. The summed E-state index contributed by atoms with van der Waals surface area (Å²) in [5.41, 5.74) is 0. The molecule has 7 nitrogen and oxygen atoms in total. The highest BCUT2D eigenvalue weighted by molar-refractivity contribution is 5.76. The van der Waals surface area contributed by atoms with Crippen LogP contribution < -0.4 is 10.2 Å². The van der Waals surface area contributed by atoms with Crippen molar-refractivity contribution in [1.29, 1.82) is 0 Å². The van der Waals surface area contributed by atoms with E-state index in [1.54, 1.807) is 0 Å². The summed E-state index contributed by atoms with van der Waals surface area (Å²) in [7, 11) is 0. The van der Waals surface area contributed by atoms with Gasteiger partial charge in [-0.1, -0.05) is 25.7 Å². The van der Waals surface area contributed by atoms with E-state index in [-0.39, 0.29) is 0 Å². The van der Waals surface area contributed by atoms with E-state index >= 15 is 0 Å². The highest BCUT2D eigenvalue weighted by Crippen LogP contribution is 2.29. The molecule has 1 N–H and O–H groups in total. The molecular formula is C27H44N6O. The summed E-state index contributed by atoms with van der Waals surface area (Å²) in [4.78, 5) is 29.6. The van der Waals surface area contributed by atoms with Crippen LogP contribution in [-0.4, -0.2) is 77.0 Å². The van der Waals surface area contributed by atoms with Crippen LogP contribution in [0.5, 0.6) is 0 Å². The zero-order valence-corrected chi connectivity index (χ0v) is 21.0. The molecule has 2 unspecified atom stereocenters. The number of amides is 1. The second-order valence-corrected chi connectivity index (χ2v) is 11.1. The summed E-state index contributed by atoms with van der Waals surface area (Å²) < 4.78 is 0. The minimum atomic E-state index is 0.373. The van der Waals surface area contributed by atoms with Crippen molar-refractivity contribution in [1.82, 2.24) is 19.8 Å². The summed E-state index contributed by atoms with van der Waals surface area (Å²) >= 11 is 0. The predicted molar refractivity (Wildman–Crippen MR) is 137 cm³/mol. The molecule has 0 spiro atoms. The van der Waals surface area contributed by atoms with Crippen LogP contribution in [-0.2, 0) is 4.79 Å². The van der Waals surface area contributed by atoms with E-state index in [4.69, 9.17) is 4.98 Å². The molecule has 4 fully saturated rings. The van der Waals surface area contributed by atoms with E-state index in [1.165, 1.54) is 64.2 Å². The normalized spacial score (nSPS) is 27.5. The van der Waals surface area contributed by atoms with Crippen molar-refractivity contribution in [3.05, 3.63) is 12.3 Å². The van der Waals surface area contributed by atoms with Crippen molar-refractivity contribution in [2.24, 2.45) is 5.92 Å². The zero-order chi connectivity index (χ0) is 23.2. The number of aromatic nitrogens is 2. The van der Waals surface area contributed by atoms with Gasteiger partial charge in [-0.15, -0.1) is 0 Å². The zero-order valence-electron chi connectivity index (χ0n) is 21.0. The van der Waals surface area contributed by atoms with Crippen LogP contribution >= 0.6 is 0 Å². The Kier molecular flexibility index (Phi) is 8.20. The van der Waals surface area contributed by atoms with Gasteiger partial charge in [-0.3, -0.25) is 9.69 Å². The van der Waals surface area contributed by atoms with Crippen LogP contribution in [0.2, 0.25) is 0 Å². The summed E-state index contributed by atoms with van der Waals surface area (Å²) in [6.07, 6.45) is 17.7. The maximum Gasteiger partial charge on any atom is 0.224 e. The van der Waals surface area contributed by atoms with Crippen molar-refractivity contribution in [2.75, 3.05) is 49.5 Å². The molecule has 34 heavy (non-hydrogen) atoms. The van der Waals surface area contributed by atoms with Gasteiger partial charge in [-0.2, -0.15) is 4.98 Å². The van der Waals surface area contributed by atoms with E-state index in [1.807, 2.05) is 6.20 Å². The van der Waals surface area contributed by atoms with Crippen LogP contribution in [0.4, 0.5) is 11.8 Å². The van der Waals surface area contributed by atoms with Gasteiger partial charge in [0, 0.05) is 57.4 Å². The Bertz CT molecular complexity index is 789. The lowest BCUT2D eigenvalue weighted by Gasteiger charge is -2.43. The van der Waals surface area contributed by atoms with Crippen LogP contribution in [0.15, 0.2) is 12.3 Å². The summed E-state index contributed by atoms with van der Waals surface area (Å²) in [6, 6.07) is 2.93. The molecule has 3 saturated heterocycles. The monoisotopic (exact) mass is 468 g/mol. The van der Waals surface area contributed by atoms with Crippen molar-refractivity contribution in [3.8, 4) is 0 Å². The van der Waals surface area contributed by atoms with Crippen LogP contribution in [0, 0.1) is 5.92 Å². The van der Waals surface area contributed by atoms with E-state index < -0.39 is 0 Å². The maximum atomic E-state index is 12.9. The maximum absolute atomic E-state index is 12.9. The molecule has 0 aromatic carbocycles. The van der Waals surface area contributed by atoms with Gasteiger partial charge in [0.2, 0.25) is 11.9 Å². The van der Waals surface area contributed by atoms with Gasteiger partial charge in [0.1, 0.15) is 5.82 Å². The van der Waals surface area contributed by atoms with Crippen molar-refractivity contribution < 1.29 is 4.79 Å². The van der Waals surface area contributed by atoms with E-state index in [0.29, 0.717) is 23.9 Å². The number of likely N-dealkylation sites (tertiary alicyclic amines) is 2. The van der Waals surface area contributed by atoms with Crippen molar-refractivity contribution in [3.63, 3.8) is 0 Å². The van der Waals surface area contributed by atoms with Gasteiger partial charge in [0.15, 0.2) is 0 Å². The average molecular weight is 469 g/mol. The third-order valence-electron chi connectivity index (χ3n) is 8.56. The molecule has 1 aromatic heterocycles. The summed E-state index contributed by atoms with van der Waals surface area (Å²) in [6.45, 7) is 6.24. The van der Waals surface area contributed by atoms with Gasteiger partial charge >= 0.3 is 0 Å². The number of piperidine rings is 2. The van der Waals surface area contributed by atoms with E-state index in [0.717, 1.165) is 70.3 Å². The lowest BCUT2D eigenvalue weighted by atomic mass is 9.97. The number of nitrogens with one attached hydrogen (secondary N) is 1. The largest absolute Gasteiger partial charge is 0.356 e. The predicted octanol–water partition coefficient (Wildman–Crippen LogP) is 4.30. The van der Waals surface area contributed by atoms with Gasteiger partial charge < -0.3 is 15.1 Å². The first-order chi connectivity index (χ1) is 16.7. The lowest BCUT2D eigenvalue weighted by Crippen LogP contribution is -2.54. The first-order valence-electron chi connectivity index (χ1n) is 14.1. The molecule has 0 radical (unpaired) electrons. The van der Waals surface area contributed by atoms with Gasteiger partial charge in [-0.05, 0) is 69.9 Å². The Balaban J connectivity index is 1.15. The number of rotatable bonds is 6. The smallest absolute Gasteiger partial charge is 0.224 e. The average Bonchev–Trinajstić information content (AvgIpc) is 3.23. The molecule has 188 valence electrons. The van der Waals surface area contributed by atoms with Gasteiger partial charge in [-0.25, -0.2) is 4.98 Å². The molecule has 4 heterocycles. The molecule has 3 aliphatic heterocycles. The highest BCUT2D eigenvalue weighted by atomic mass is 16.2. The minimum Gasteiger partial charge on any atom is -0.356 e. The quantitative estimate of drug-likeness (QED) is 0.671. The number of hydrogen-bond donors (Lipinski definition) is 1. The standard InChI is InChI=1S/C27H44N6O/c34-26(19-22-9-3-4-10-22)33-18-8-12-24(21-33)32-17-7-11-23(20-32)29-27-28-14-13-25(30-27)31-15-5-1-2-6-16-31/h13-14,22-24H,1-12,15-21H2,(H,28,29,30). The first kappa shape index (κ1) is 23.8. The fourth-order valence-corrected chi connectivity index (χ4v) is 6.60. The fourth-order valence-electron chi connectivity index (χ4n) is 6.60. The molecule has 5 rings (SSSR count). The topological polar surface area (TPSA) is 64.6 Å². The molecule has 0 bridgehead atoms. The van der Waals surface area contributed by atoms with Gasteiger partial charge in [0.25, 0.3) is 0 Å². The molecule has 1 saturated carbocycles. The van der Waals surface area contributed by atoms with Crippen LogP contribution in [0.25, 0.3) is 0 Å². The second-order valence-electron chi connectivity index (χ2n) is 11.1. The molecule has 4 aliphatic rings. The third kappa shape index (κ3) is 6.21. The van der Waals surface area contributed by atoms with E-state index in [2.05, 4.69) is 31.1 Å². The Morgan fingerprint density at radius 2 is 1.68 bits per heavy atom. The Hall–Kier alpha value is -1.89. The molecule has 1 aliphatic carbocycles. The summed E-state index contributed by atoms with van der Waals surface area (Å²) in [5, 5.41) is 3.66. The Morgan fingerprint density at radius 3 is 2.50 bits per heavy atom. The number of carbonyl (C=O) groups excluding carboxylic acids is 1. The Labute approximate surface area is 205 Å². The summed E-state index contributed by atoms with van der Waals surface area (Å²) in [5.74, 6) is 2.88.